The van der Waals surface area contributed by atoms with Gasteiger partial charge in [-0.15, -0.1) is 0 Å². The van der Waals surface area contributed by atoms with Crippen LogP contribution in [0.3, 0.4) is 0 Å². The summed E-state index contributed by atoms with van der Waals surface area (Å²) < 4.78 is 6.36. The maximum Gasteiger partial charge on any atom is 0.354 e. The van der Waals surface area contributed by atoms with Crippen molar-refractivity contribution >= 4 is 11.9 Å². The Morgan fingerprint density at radius 2 is 2.26 bits per heavy atom. The van der Waals surface area contributed by atoms with E-state index < -0.39 is 5.97 Å². The van der Waals surface area contributed by atoms with Gasteiger partial charge in [-0.05, 0) is 18.2 Å². The van der Waals surface area contributed by atoms with Crippen molar-refractivity contribution in [3.8, 4) is 0 Å². The molecule has 2 N–H and O–H groups in total. The van der Waals surface area contributed by atoms with Gasteiger partial charge in [0.05, 0.1) is 19.4 Å². The summed E-state index contributed by atoms with van der Waals surface area (Å²) in [5, 5.41) is 15.4. The van der Waals surface area contributed by atoms with Crippen molar-refractivity contribution in [1.29, 1.82) is 0 Å². The number of hydrogen-bond donors (Lipinski definition) is 2. The molecule has 7 nitrogen and oxygen atoms in total. The molecule has 0 aliphatic heterocycles. The predicted octanol–water partition coefficient (Wildman–Crippen LogP) is 0.881. The number of aromatic carboxylic acids is 1. The van der Waals surface area contributed by atoms with Crippen LogP contribution in [0.25, 0.3) is 0 Å². The van der Waals surface area contributed by atoms with Crippen LogP contribution < -0.4 is 5.32 Å². The van der Waals surface area contributed by atoms with Crippen LogP contribution in [-0.2, 0) is 17.9 Å². The molecule has 0 bridgehead atoms. The average molecular weight is 263 g/mol. The minimum Gasteiger partial charge on any atom is -0.477 e. The molecule has 19 heavy (non-hydrogen) atoms. The van der Waals surface area contributed by atoms with Gasteiger partial charge in [-0.1, -0.05) is 0 Å². The van der Waals surface area contributed by atoms with E-state index in [2.05, 4.69) is 10.4 Å². The minimum atomic E-state index is -1.06. The van der Waals surface area contributed by atoms with E-state index in [1.54, 1.807) is 12.1 Å². The van der Waals surface area contributed by atoms with Crippen LogP contribution in [0.4, 0.5) is 0 Å². The zero-order valence-corrected chi connectivity index (χ0v) is 10.1. The van der Waals surface area contributed by atoms with E-state index in [1.165, 1.54) is 23.2 Å². The average Bonchev–Trinajstić information content (AvgIpc) is 3.04. The summed E-state index contributed by atoms with van der Waals surface area (Å²) in [7, 11) is 0. The lowest BCUT2D eigenvalue weighted by Crippen LogP contribution is -2.24. The lowest BCUT2D eigenvalue weighted by molar-refractivity contribution is -0.121. The molecule has 2 rings (SSSR count). The summed E-state index contributed by atoms with van der Waals surface area (Å²) in [6.45, 7) is 0.537. The van der Waals surface area contributed by atoms with E-state index in [-0.39, 0.29) is 24.6 Å². The third-order valence-corrected chi connectivity index (χ3v) is 2.53. The Balaban J connectivity index is 1.80. The molecule has 7 heteroatoms. The summed E-state index contributed by atoms with van der Waals surface area (Å²) >= 11 is 0. The van der Waals surface area contributed by atoms with Crippen molar-refractivity contribution in [1.82, 2.24) is 15.1 Å². The van der Waals surface area contributed by atoms with Gasteiger partial charge in [0.1, 0.15) is 11.5 Å². The van der Waals surface area contributed by atoms with Gasteiger partial charge >= 0.3 is 5.97 Å². The number of rotatable bonds is 6. The summed E-state index contributed by atoms with van der Waals surface area (Å²) in [5.74, 6) is -0.588. The highest BCUT2D eigenvalue weighted by Crippen LogP contribution is 2.01. The van der Waals surface area contributed by atoms with E-state index >= 15 is 0 Å². The number of nitrogens with zero attached hydrogens (tertiary/aromatic N) is 2. The molecule has 0 aromatic carbocycles. The SMILES string of the molecule is O=C(CCn1nccc1C(=O)O)NCc1ccco1. The van der Waals surface area contributed by atoms with Crippen LogP contribution in [0, 0.1) is 0 Å². The number of furan rings is 1. The summed E-state index contributed by atoms with van der Waals surface area (Å²) in [6, 6.07) is 4.89. The third-order valence-electron chi connectivity index (χ3n) is 2.53. The number of aryl methyl sites for hydroxylation is 1. The summed E-state index contributed by atoms with van der Waals surface area (Å²) in [5.41, 5.74) is 0.0684. The second-order valence-electron chi connectivity index (χ2n) is 3.85. The van der Waals surface area contributed by atoms with Crippen molar-refractivity contribution in [3.05, 3.63) is 42.1 Å². The Morgan fingerprint density at radius 3 is 2.95 bits per heavy atom. The molecule has 0 radical (unpaired) electrons. The normalized spacial score (nSPS) is 10.3. The topological polar surface area (TPSA) is 97.4 Å². The summed E-state index contributed by atoms with van der Waals surface area (Å²) in [6.07, 6.45) is 3.08. The molecule has 0 fully saturated rings. The second kappa shape index (κ2) is 5.85. The fraction of sp³-hybridized carbons (Fsp3) is 0.250. The highest BCUT2D eigenvalue weighted by molar-refractivity contribution is 5.85. The van der Waals surface area contributed by atoms with Crippen LogP contribution in [0.5, 0.6) is 0 Å². The number of hydrogen-bond acceptors (Lipinski definition) is 4. The standard InChI is InChI=1S/C12H13N3O4/c16-11(13-8-9-2-1-7-19-9)4-6-15-10(12(17)18)3-5-14-15/h1-3,5,7H,4,6,8H2,(H,13,16)(H,17,18). The fourth-order valence-corrected chi connectivity index (χ4v) is 1.59. The first-order chi connectivity index (χ1) is 9.16. The van der Waals surface area contributed by atoms with Crippen LogP contribution in [0.1, 0.15) is 22.7 Å². The lowest BCUT2D eigenvalue weighted by atomic mass is 10.3. The van der Waals surface area contributed by atoms with Crippen LogP contribution in [-0.4, -0.2) is 26.8 Å². The molecule has 2 aromatic rings. The van der Waals surface area contributed by atoms with E-state index in [9.17, 15) is 9.59 Å². The second-order valence-corrected chi connectivity index (χ2v) is 3.85. The number of carbonyl (C=O) groups excluding carboxylic acids is 1. The van der Waals surface area contributed by atoms with Crippen molar-refractivity contribution < 1.29 is 19.1 Å². The molecule has 0 aliphatic carbocycles. The summed E-state index contributed by atoms with van der Waals surface area (Å²) in [4.78, 5) is 22.4. The zero-order chi connectivity index (χ0) is 13.7. The van der Waals surface area contributed by atoms with E-state index in [0.29, 0.717) is 12.3 Å². The van der Waals surface area contributed by atoms with Crippen molar-refractivity contribution in [2.75, 3.05) is 0 Å². The molecular weight excluding hydrogens is 250 g/mol. The van der Waals surface area contributed by atoms with Crippen LogP contribution >= 0.6 is 0 Å². The highest BCUT2D eigenvalue weighted by atomic mass is 16.4. The molecular formula is C12H13N3O4. The van der Waals surface area contributed by atoms with E-state index in [1.807, 2.05) is 0 Å². The predicted molar refractivity (Wildman–Crippen MR) is 64.4 cm³/mol. The van der Waals surface area contributed by atoms with Gasteiger partial charge in [-0.2, -0.15) is 5.10 Å². The lowest BCUT2D eigenvalue weighted by Gasteiger charge is -2.05. The molecule has 2 aromatic heterocycles. The van der Waals surface area contributed by atoms with Gasteiger partial charge in [0.15, 0.2) is 0 Å². The maximum atomic E-state index is 11.6. The van der Waals surface area contributed by atoms with Gasteiger partial charge in [0, 0.05) is 12.6 Å². The molecule has 0 saturated heterocycles. The van der Waals surface area contributed by atoms with Gasteiger partial charge in [-0.25, -0.2) is 4.79 Å². The van der Waals surface area contributed by atoms with Crippen LogP contribution in [0.2, 0.25) is 0 Å². The van der Waals surface area contributed by atoms with Gasteiger partial charge < -0.3 is 14.8 Å². The minimum absolute atomic E-state index is 0.0684. The Bertz CT molecular complexity index is 559. The van der Waals surface area contributed by atoms with Crippen molar-refractivity contribution in [3.63, 3.8) is 0 Å². The number of nitrogens with one attached hydrogen (secondary N) is 1. The van der Waals surface area contributed by atoms with E-state index in [0.717, 1.165) is 0 Å². The Morgan fingerprint density at radius 1 is 1.42 bits per heavy atom. The first-order valence-corrected chi connectivity index (χ1v) is 5.71. The molecule has 2 heterocycles. The smallest absolute Gasteiger partial charge is 0.354 e. The highest BCUT2D eigenvalue weighted by Gasteiger charge is 2.11. The number of aromatic nitrogens is 2. The van der Waals surface area contributed by atoms with E-state index in [4.69, 9.17) is 9.52 Å². The molecule has 0 saturated carbocycles. The molecule has 0 atom stereocenters. The Kier molecular flexibility index (Phi) is 3.97. The van der Waals surface area contributed by atoms with Crippen molar-refractivity contribution in [2.24, 2.45) is 0 Å². The number of amides is 1. The van der Waals surface area contributed by atoms with Gasteiger partial charge in [-0.3, -0.25) is 9.48 Å². The van der Waals surface area contributed by atoms with Crippen LogP contribution in [0.15, 0.2) is 35.1 Å². The largest absolute Gasteiger partial charge is 0.477 e. The molecule has 0 unspecified atom stereocenters. The Labute approximate surface area is 108 Å². The zero-order valence-electron chi connectivity index (χ0n) is 10.1. The van der Waals surface area contributed by atoms with Gasteiger partial charge in [0.2, 0.25) is 5.91 Å². The molecule has 0 spiro atoms. The van der Waals surface area contributed by atoms with Gasteiger partial charge in [0.25, 0.3) is 0 Å². The first-order valence-electron chi connectivity index (χ1n) is 5.71. The van der Waals surface area contributed by atoms with Crippen molar-refractivity contribution in [2.45, 2.75) is 19.5 Å². The molecule has 0 aliphatic rings. The molecule has 1 amide bonds. The monoisotopic (exact) mass is 263 g/mol. The Hall–Kier alpha value is -2.57. The molecule has 100 valence electrons. The fourth-order valence-electron chi connectivity index (χ4n) is 1.59. The first kappa shape index (κ1) is 12.9. The third kappa shape index (κ3) is 3.44. The quantitative estimate of drug-likeness (QED) is 0.806. The number of carboxylic acids is 1. The number of carboxylic acid groups (broad SMARTS) is 1. The maximum absolute atomic E-state index is 11.6. The number of carbonyl (C=O) groups is 2.